The number of carbonyl (C=O) groups is 6. The second-order valence-electron chi connectivity index (χ2n) is 11.0. The number of fused-ring (bicyclic) bond motifs is 2. The third kappa shape index (κ3) is 5.05. The van der Waals surface area contributed by atoms with E-state index in [4.69, 9.17) is 0 Å². The fourth-order valence-electron chi connectivity index (χ4n) is 5.67. The van der Waals surface area contributed by atoms with Crippen molar-refractivity contribution in [3.63, 3.8) is 0 Å². The van der Waals surface area contributed by atoms with Gasteiger partial charge >= 0.3 is 12.4 Å². The highest BCUT2D eigenvalue weighted by molar-refractivity contribution is 6.35. The molecule has 0 radical (unpaired) electrons. The number of benzene rings is 4. The van der Waals surface area contributed by atoms with Gasteiger partial charge in [-0.25, -0.2) is 9.80 Å². The van der Waals surface area contributed by atoms with Crippen molar-refractivity contribution < 1.29 is 55.1 Å². The maximum Gasteiger partial charge on any atom is 0.417 e. The molecule has 0 atom stereocenters. The highest BCUT2D eigenvalue weighted by Gasteiger charge is 2.43. The zero-order valence-corrected chi connectivity index (χ0v) is 24.5. The largest absolute Gasteiger partial charge is 0.417 e. The molecule has 2 aliphatic heterocycles. The van der Waals surface area contributed by atoms with E-state index in [1.807, 2.05) is 0 Å². The SMILES string of the molecule is CC(=O)c1ccc2c(c1)C(=O)N(c1ccc(-c3ccc(N4C(=O)c5ccc(C(C)=O)cc5C4=O)cc3C(F)(F)F)c(C(F)(F)F)c1)C2=O. The molecule has 8 nitrogen and oxygen atoms in total. The molecule has 0 saturated heterocycles. The van der Waals surface area contributed by atoms with Gasteiger partial charge < -0.3 is 0 Å². The highest BCUT2D eigenvalue weighted by Crippen LogP contribution is 2.46. The van der Waals surface area contributed by atoms with Crippen LogP contribution in [0.3, 0.4) is 0 Å². The van der Waals surface area contributed by atoms with Gasteiger partial charge in [-0.2, -0.15) is 26.3 Å². The second-order valence-corrected chi connectivity index (χ2v) is 11.0. The number of Topliss-reactive ketones (excluding diaryl/α,β-unsaturated/α-hetero) is 2. The smallest absolute Gasteiger partial charge is 0.295 e. The first-order valence-electron chi connectivity index (χ1n) is 13.9. The number of halogens is 6. The van der Waals surface area contributed by atoms with Crippen LogP contribution in [0.25, 0.3) is 11.1 Å². The molecule has 0 N–H and O–H groups in total. The van der Waals surface area contributed by atoms with Gasteiger partial charge in [0.1, 0.15) is 0 Å². The van der Waals surface area contributed by atoms with Gasteiger partial charge in [0.25, 0.3) is 23.6 Å². The molecule has 0 fully saturated rings. The predicted octanol–water partition coefficient (Wildman–Crippen LogP) is 7.40. The van der Waals surface area contributed by atoms with Crippen LogP contribution in [0.2, 0.25) is 0 Å². The van der Waals surface area contributed by atoms with Crippen molar-refractivity contribution in [3.8, 4) is 11.1 Å². The Morgan fingerprint density at radius 1 is 0.458 bits per heavy atom. The first kappa shape index (κ1) is 32.0. The molecule has 0 spiro atoms. The summed E-state index contributed by atoms with van der Waals surface area (Å²) in [6.45, 7) is 2.42. The fraction of sp³-hybridized carbons (Fsp3) is 0.118. The Hall–Kier alpha value is -5.92. The Balaban J connectivity index is 1.44. The van der Waals surface area contributed by atoms with Crippen molar-refractivity contribution in [2.75, 3.05) is 9.80 Å². The molecule has 6 rings (SSSR count). The van der Waals surface area contributed by atoms with Crippen molar-refractivity contribution in [1.29, 1.82) is 0 Å². The fourth-order valence-corrected chi connectivity index (χ4v) is 5.67. The molecule has 4 amide bonds. The number of hydrogen-bond acceptors (Lipinski definition) is 6. The first-order chi connectivity index (χ1) is 22.4. The van der Waals surface area contributed by atoms with Gasteiger partial charge in [0.2, 0.25) is 0 Å². The topological polar surface area (TPSA) is 109 Å². The molecule has 2 aliphatic rings. The number of anilines is 2. The number of alkyl halides is 6. The van der Waals surface area contributed by atoms with E-state index in [1.165, 1.54) is 38.1 Å². The average molecular weight is 665 g/mol. The molecule has 48 heavy (non-hydrogen) atoms. The molecule has 0 bridgehead atoms. The van der Waals surface area contributed by atoms with Gasteiger partial charge in [0.05, 0.1) is 44.8 Å². The van der Waals surface area contributed by atoms with E-state index in [-0.39, 0.29) is 33.4 Å². The number of carbonyl (C=O) groups excluding carboxylic acids is 6. The van der Waals surface area contributed by atoms with E-state index in [0.29, 0.717) is 34.1 Å². The molecule has 242 valence electrons. The molecular formula is C34H18F6N2O6. The van der Waals surface area contributed by atoms with Crippen molar-refractivity contribution in [2.24, 2.45) is 0 Å². The van der Waals surface area contributed by atoms with Gasteiger partial charge in [-0.15, -0.1) is 0 Å². The van der Waals surface area contributed by atoms with Crippen molar-refractivity contribution in [2.45, 2.75) is 26.2 Å². The Labute approximate surface area is 266 Å². The highest BCUT2D eigenvalue weighted by atomic mass is 19.4. The summed E-state index contributed by atoms with van der Waals surface area (Å²) in [5.74, 6) is -4.93. The number of hydrogen-bond donors (Lipinski definition) is 0. The Kier molecular flexibility index (Phi) is 7.22. The van der Waals surface area contributed by atoms with E-state index >= 15 is 0 Å². The van der Waals surface area contributed by atoms with Crippen LogP contribution >= 0.6 is 0 Å². The minimum Gasteiger partial charge on any atom is -0.295 e. The van der Waals surface area contributed by atoms with E-state index < -0.39 is 81.2 Å². The standard InChI is InChI=1S/C34H18F6N2O6/c1-15(43)17-3-7-23-25(11-17)31(47)41(29(23)45)19-5-9-21(27(13-19)33(35,36)37)22-10-6-20(14-28(22)34(38,39)40)42-30(46)24-8-4-18(16(2)44)12-26(24)32(42)48/h3-14H,1-2H3. The second kappa shape index (κ2) is 10.8. The van der Waals surface area contributed by atoms with Crippen LogP contribution in [-0.2, 0) is 12.4 Å². The van der Waals surface area contributed by atoms with Crippen LogP contribution in [0, 0.1) is 0 Å². The van der Waals surface area contributed by atoms with Gasteiger partial charge in [-0.05, 0) is 73.5 Å². The Morgan fingerprint density at radius 2 is 0.771 bits per heavy atom. The van der Waals surface area contributed by atoms with Gasteiger partial charge in [-0.3, -0.25) is 28.8 Å². The number of nitrogens with zero attached hydrogens (tertiary/aromatic N) is 2. The summed E-state index contributed by atoms with van der Waals surface area (Å²) in [5, 5.41) is 0. The first-order valence-corrected chi connectivity index (χ1v) is 13.9. The summed E-state index contributed by atoms with van der Waals surface area (Å²) in [7, 11) is 0. The molecule has 4 aromatic rings. The van der Waals surface area contributed by atoms with E-state index in [0.717, 1.165) is 24.3 Å². The monoisotopic (exact) mass is 664 g/mol. The summed E-state index contributed by atoms with van der Waals surface area (Å²) >= 11 is 0. The van der Waals surface area contributed by atoms with Gasteiger partial charge in [-0.1, -0.05) is 24.3 Å². The van der Waals surface area contributed by atoms with Crippen molar-refractivity contribution >= 4 is 46.6 Å². The maximum absolute atomic E-state index is 14.5. The van der Waals surface area contributed by atoms with Gasteiger partial charge in [0.15, 0.2) is 11.6 Å². The zero-order valence-electron chi connectivity index (χ0n) is 24.5. The molecule has 0 saturated carbocycles. The lowest BCUT2D eigenvalue weighted by atomic mass is 9.93. The summed E-state index contributed by atoms with van der Waals surface area (Å²) < 4.78 is 86.8. The molecule has 4 aromatic carbocycles. The average Bonchev–Trinajstić information content (AvgIpc) is 3.42. The molecule has 0 aliphatic carbocycles. The third-order valence-electron chi connectivity index (χ3n) is 8.01. The maximum atomic E-state index is 14.5. The summed E-state index contributed by atoms with van der Waals surface area (Å²) in [5.41, 5.74) is -6.98. The number of imide groups is 2. The van der Waals surface area contributed by atoms with Gasteiger partial charge in [0, 0.05) is 11.1 Å². The number of rotatable bonds is 5. The van der Waals surface area contributed by atoms with E-state index in [1.54, 1.807) is 0 Å². The lowest BCUT2D eigenvalue weighted by molar-refractivity contribution is -0.139. The van der Waals surface area contributed by atoms with E-state index in [2.05, 4.69) is 0 Å². The van der Waals surface area contributed by atoms with Crippen LogP contribution in [-0.4, -0.2) is 35.2 Å². The van der Waals surface area contributed by atoms with Crippen molar-refractivity contribution in [3.05, 3.63) is 117 Å². The van der Waals surface area contributed by atoms with Crippen molar-refractivity contribution in [1.82, 2.24) is 0 Å². The minimum absolute atomic E-state index is 0.0771. The Bertz CT molecular complexity index is 2020. The molecule has 0 aromatic heterocycles. The normalized spacial score (nSPS) is 14.5. The quantitative estimate of drug-likeness (QED) is 0.125. The van der Waals surface area contributed by atoms with Crippen LogP contribution in [0.4, 0.5) is 37.7 Å². The third-order valence-corrected chi connectivity index (χ3v) is 8.01. The molecule has 14 heteroatoms. The molecular weight excluding hydrogens is 646 g/mol. The lowest BCUT2D eigenvalue weighted by Gasteiger charge is -2.22. The Morgan fingerprint density at radius 3 is 1.08 bits per heavy atom. The van der Waals surface area contributed by atoms with Crippen LogP contribution < -0.4 is 9.80 Å². The number of amides is 4. The molecule has 2 heterocycles. The summed E-state index contributed by atoms with van der Waals surface area (Å²) in [6.07, 6.45) is -10.6. The van der Waals surface area contributed by atoms with Crippen LogP contribution in [0.1, 0.15) is 87.1 Å². The van der Waals surface area contributed by atoms with Crippen LogP contribution in [0.5, 0.6) is 0 Å². The van der Waals surface area contributed by atoms with E-state index in [9.17, 15) is 55.1 Å². The minimum atomic E-state index is -5.29. The lowest BCUT2D eigenvalue weighted by Crippen LogP contribution is -2.30. The molecule has 0 unspecified atom stereocenters. The predicted molar refractivity (Wildman–Crippen MR) is 157 cm³/mol. The zero-order chi connectivity index (χ0) is 35.0. The summed E-state index contributed by atoms with van der Waals surface area (Å²) in [6, 6.07) is 11.0. The number of ketones is 2. The van der Waals surface area contributed by atoms with Crippen LogP contribution in [0.15, 0.2) is 72.8 Å². The summed E-state index contributed by atoms with van der Waals surface area (Å²) in [4.78, 5) is 76.7.